The summed E-state index contributed by atoms with van der Waals surface area (Å²) < 4.78 is 6.51. The Kier molecular flexibility index (Phi) is 6.53. The van der Waals surface area contributed by atoms with Gasteiger partial charge in [-0.1, -0.05) is 41.1 Å². The van der Waals surface area contributed by atoms with Crippen molar-refractivity contribution in [3.8, 4) is 5.75 Å². The fraction of sp³-hybridized carbons (Fsp3) is 0.438. The molecule has 1 amide bonds. The van der Waals surface area contributed by atoms with Crippen LogP contribution in [0.4, 0.5) is 5.13 Å². The van der Waals surface area contributed by atoms with Crippen LogP contribution in [-0.2, 0) is 4.79 Å². The second-order valence-corrected chi connectivity index (χ2v) is 7.07. The molecule has 1 aromatic heterocycles. The Morgan fingerprint density at radius 2 is 2.09 bits per heavy atom. The van der Waals surface area contributed by atoms with Crippen molar-refractivity contribution in [3.63, 3.8) is 0 Å². The number of ether oxygens (including phenoxy) is 1. The summed E-state index contributed by atoms with van der Waals surface area (Å²) in [5.41, 5.74) is 1.06. The minimum atomic E-state index is -0.238. The molecule has 1 N–H and O–H groups in total. The summed E-state index contributed by atoms with van der Waals surface area (Å²) in [5, 5.41) is 12.4. The van der Waals surface area contributed by atoms with E-state index in [1.165, 1.54) is 11.3 Å². The summed E-state index contributed by atoms with van der Waals surface area (Å²) in [6.45, 7) is 6.17. The lowest BCUT2D eigenvalue weighted by molar-refractivity contribution is -0.118. The first kappa shape index (κ1) is 17.9. The van der Waals surface area contributed by atoms with Crippen LogP contribution in [0.5, 0.6) is 5.75 Å². The number of amides is 1. The van der Waals surface area contributed by atoms with E-state index in [0.717, 1.165) is 27.9 Å². The van der Waals surface area contributed by atoms with Crippen molar-refractivity contribution in [2.45, 2.75) is 39.5 Å². The molecule has 0 atom stereocenters. The first-order chi connectivity index (χ1) is 11.0. The molecule has 0 saturated carbocycles. The first-order valence-corrected chi connectivity index (χ1v) is 9.16. The van der Waals surface area contributed by atoms with Crippen molar-refractivity contribution in [1.29, 1.82) is 0 Å². The summed E-state index contributed by atoms with van der Waals surface area (Å²) in [6, 6.07) is 5.60. The molecule has 7 heteroatoms. The van der Waals surface area contributed by atoms with Gasteiger partial charge in [0.15, 0.2) is 6.61 Å². The van der Waals surface area contributed by atoms with Crippen LogP contribution in [0.25, 0.3) is 0 Å². The summed E-state index contributed by atoms with van der Waals surface area (Å²) in [7, 11) is 0. The summed E-state index contributed by atoms with van der Waals surface area (Å²) in [5.74, 6) is 0.828. The minimum Gasteiger partial charge on any atom is -0.484 e. The van der Waals surface area contributed by atoms with Gasteiger partial charge in [0.05, 0.1) is 0 Å². The van der Waals surface area contributed by atoms with E-state index in [1.807, 2.05) is 25.1 Å². The summed E-state index contributed by atoms with van der Waals surface area (Å²) >= 11 is 4.86. The van der Waals surface area contributed by atoms with Gasteiger partial charge in [0.25, 0.3) is 5.91 Å². The minimum absolute atomic E-state index is 0.0546. The number of hydrogen-bond donors (Lipinski definition) is 1. The van der Waals surface area contributed by atoms with E-state index in [1.54, 1.807) is 0 Å². The van der Waals surface area contributed by atoms with Crippen LogP contribution >= 0.6 is 27.3 Å². The lowest BCUT2D eigenvalue weighted by atomic mass is 10.1. The maximum absolute atomic E-state index is 11.9. The van der Waals surface area contributed by atoms with E-state index < -0.39 is 0 Å². The van der Waals surface area contributed by atoms with Crippen LogP contribution in [-0.4, -0.2) is 22.7 Å². The lowest BCUT2D eigenvalue weighted by Gasteiger charge is -2.07. The normalized spacial score (nSPS) is 10.8. The maximum atomic E-state index is 11.9. The average molecular weight is 398 g/mol. The zero-order valence-electron chi connectivity index (χ0n) is 13.4. The van der Waals surface area contributed by atoms with Gasteiger partial charge < -0.3 is 4.74 Å². The number of nitrogens with zero attached hydrogens (tertiary/aromatic N) is 2. The molecule has 2 aromatic rings. The second kappa shape index (κ2) is 8.40. The number of halogens is 1. The maximum Gasteiger partial charge on any atom is 0.264 e. The predicted molar refractivity (Wildman–Crippen MR) is 96.2 cm³/mol. The van der Waals surface area contributed by atoms with Gasteiger partial charge in [-0.15, -0.1) is 10.2 Å². The van der Waals surface area contributed by atoms with Gasteiger partial charge >= 0.3 is 0 Å². The molecule has 0 radical (unpaired) electrons. The smallest absolute Gasteiger partial charge is 0.264 e. The van der Waals surface area contributed by atoms with Gasteiger partial charge in [-0.3, -0.25) is 10.1 Å². The van der Waals surface area contributed by atoms with Gasteiger partial charge in [-0.05, 0) is 43.5 Å². The predicted octanol–water partition coefficient (Wildman–Crippen LogP) is 4.53. The van der Waals surface area contributed by atoms with Crippen LogP contribution in [0.2, 0.25) is 0 Å². The fourth-order valence-corrected chi connectivity index (χ4v) is 3.37. The van der Waals surface area contributed by atoms with Crippen molar-refractivity contribution < 1.29 is 9.53 Å². The number of aromatic nitrogens is 2. The Bertz CT molecular complexity index is 671. The fourth-order valence-electron chi connectivity index (χ4n) is 2.10. The van der Waals surface area contributed by atoms with Crippen molar-refractivity contribution in [2.24, 2.45) is 0 Å². The van der Waals surface area contributed by atoms with E-state index in [0.29, 0.717) is 16.8 Å². The zero-order chi connectivity index (χ0) is 16.8. The van der Waals surface area contributed by atoms with Crippen LogP contribution < -0.4 is 10.1 Å². The number of anilines is 1. The number of rotatable bonds is 7. The van der Waals surface area contributed by atoms with Crippen molar-refractivity contribution >= 4 is 38.3 Å². The summed E-state index contributed by atoms with van der Waals surface area (Å²) in [6.07, 6.45) is 2.04. The number of benzene rings is 1. The van der Waals surface area contributed by atoms with Crippen molar-refractivity contribution in [1.82, 2.24) is 10.2 Å². The number of carbonyl (C=O) groups is 1. The number of nitrogens with one attached hydrogen (secondary N) is 1. The number of carbonyl (C=O) groups excluding carboxylic acids is 1. The molecule has 1 aromatic carbocycles. The number of hydrogen-bond acceptors (Lipinski definition) is 5. The molecule has 0 aliphatic carbocycles. The molecule has 0 spiro atoms. The highest BCUT2D eigenvalue weighted by Gasteiger charge is 2.14. The molecule has 0 bridgehead atoms. The molecule has 0 saturated heterocycles. The second-order valence-electron chi connectivity index (χ2n) is 5.21. The van der Waals surface area contributed by atoms with E-state index in [2.05, 4.69) is 45.3 Å². The Hall–Kier alpha value is -1.47. The van der Waals surface area contributed by atoms with E-state index in [4.69, 9.17) is 4.74 Å². The molecular formula is C16H20BrN3O2S. The van der Waals surface area contributed by atoms with Crippen molar-refractivity contribution in [2.75, 3.05) is 11.9 Å². The molecule has 124 valence electrons. The van der Waals surface area contributed by atoms with Gasteiger partial charge in [-0.25, -0.2) is 0 Å². The number of aryl methyl sites for hydroxylation is 1. The Labute approximate surface area is 148 Å². The largest absolute Gasteiger partial charge is 0.484 e. The monoisotopic (exact) mass is 397 g/mol. The molecule has 23 heavy (non-hydrogen) atoms. The van der Waals surface area contributed by atoms with Crippen LogP contribution in [0.15, 0.2) is 22.7 Å². The topological polar surface area (TPSA) is 64.1 Å². The Morgan fingerprint density at radius 1 is 1.35 bits per heavy atom. The van der Waals surface area contributed by atoms with Gasteiger partial charge in [0.1, 0.15) is 10.8 Å². The molecule has 0 aliphatic heterocycles. The Morgan fingerprint density at radius 3 is 2.74 bits per heavy atom. The molecule has 0 fully saturated rings. The SMILES string of the molecule is CCC(CC)c1nnc(NC(=O)COc2ccc(Br)c(C)c2)s1. The van der Waals surface area contributed by atoms with Gasteiger partial charge in [-0.2, -0.15) is 0 Å². The first-order valence-electron chi connectivity index (χ1n) is 7.55. The zero-order valence-corrected chi connectivity index (χ0v) is 15.8. The highest BCUT2D eigenvalue weighted by Crippen LogP contribution is 2.28. The molecule has 1 heterocycles. The van der Waals surface area contributed by atoms with Gasteiger partial charge in [0, 0.05) is 10.4 Å². The Balaban J connectivity index is 1.88. The third-order valence-electron chi connectivity index (χ3n) is 3.52. The van der Waals surface area contributed by atoms with Gasteiger partial charge in [0.2, 0.25) is 5.13 Å². The van der Waals surface area contributed by atoms with E-state index in [9.17, 15) is 4.79 Å². The van der Waals surface area contributed by atoms with Crippen LogP contribution in [0.3, 0.4) is 0 Å². The molecular weight excluding hydrogens is 378 g/mol. The molecule has 0 aliphatic rings. The highest BCUT2D eigenvalue weighted by atomic mass is 79.9. The summed E-state index contributed by atoms with van der Waals surface area (Å²) in [4.78, 5) is 11.9. The molecule has 2 rings (SSSR count). The lowest BCUT2D eigenvalue weighted by Crippen LogP contribution is -2.20. The average Bonchev–Trinajstić information content (AvgIpc) is 2.98. The van der Waals surface area contributed by atoms with E-state index >= 15 is 0 Å². The molecule has 0 unspecified atom stereocenters. The highest BCUT2D eigenvalue weighted by molar-refractivity contribution is 9.10. The third-order valence-corrected chi connectivity index (χ3v) is 5.41. The quantitative estimate of drug-likeness (QED) is 0.744. The van der Waals surface area contributed by atoms with Crippen LogP contribution in [0.1, 0.15) is 43.2 Å². The third kappa shape index (κ3) is 5.00. The van der Waals surface area contributed by atoms with Crippen LogP contribution in [0, 0.1) is 6.92 Å². The molecule has 5 nitrogen and oxygen atoms in total. The van der Waals surface area contributed by atoms with E-state index in [-0.39, 0.29) is 12.5 Å². The standard InChI is InChI=1S/C16H20BrN3O2S/c1-4-11(5-2)15-19-20-16(23-15)18-14(21)9-22-12-6-7-13(17)10(3)8-12/h6-8,11H,4-5,9H2,1-3H3,(H,18,20,21). The van der Waals surface area contributed by atoms with Crippen molar-refractivity contribution in [3.05, 3.63) is 33.2 Å².